The molecule has 1 heterocycles. The number of carboxylic acid groups (broad SMARTS) is 1. The predicted molar refractivity (Wildman–Crippen MR) is 94.2 cm³/mol. The summed E-state index contributed by atoms with van der Waals surface area (Å²) in [6, 6.07) is 13.1. The van der Waals surface area contributed by atoms with Crippen molar-refractivity contribution < 1.29 is 29.0 Å². The number of carboxylic acids is 1. The number of imide groups is 1. The third-order valence-corrected chi connectivity index (χ3v) is 4.22. The Kier molecular flexibility index (Phi) is 5.30. The summed E-state index contributed by atoms with van der Waals surface area (Å²) in [6.07, 6.45) is 0.339. The molecule has 0 saturated carbocycles. The van der Waals surface area contributed by atoms with Gasteiger partial charge < -0.3 is 9.84 Å². The van der Waals surface area contributed by atoms with Gasteiger partial charge in [0, 0.05) is 13.0 Å². The minimum atomic E-state index is -1.17. The lowest BCUT2D eigenvalue weighted by atomic mass is 10.1. The number of esters is 1. The van der Waals surface area contributed by atoms with E-state index >= 15 is 0 Å². The van der Waals surface area contributed by atoms with Crippen LogP contribution < -0.4 is 0 Å². The van der Waals surface area contributed by atoms with Gasteiger partial charge in [0.15, 0.2) is 0 Å². The first-order valence-corrected chi connectivity index (χ1v) is 8.40. The first-order valence-electron chi connectivity index (χ1n) is 8.40. The fourth-order valence-electron chi connectivity index (χ4n) is 2.82. The molecule has 138 valence electrons. The highest BCUT2D eigenvalue weighted by Crippen LogP contribution is 2.24. The van der Waals surface area contributed by atoms with Gasteiger partial charge >= 0.3 is 11.9 Å². The van der Waals surface area contributed by atoms with Crippen molar-refractivity contribution in [3.63, 3.8) is 0 Å². The summed E-state index contributed by atoms with van der Waals surface area (Å²) >= 11 is 0. The summed E-state index contributed by atoms with van der Waals surface area (Å²) < 4.78 is 5.16. The third-order valence-electron chi connectivity index (χ3n) is 4.22. The Hall–Kier alpha value is -3.48. The maximum absolute atomic E-state index is 12.4. The number of benzene rings is 2. The van der Waals surface area contributed by atoms with Gasteiger partial charge in [0.1, 0.15) is 6.61 Å². The number of nitrogens with zero attached hydrogens (tertiary/aromatic N) is 1. The van der Waals surface area contributed by atoms with E-state index in [1.165, 1.54) is 18.2 Å². The zero-order chi connectivity index (χ0) is 19.4. The number of amides is 2. The van der Waals surface area contributed by atoms with E-state index in [0.29, 0.717) is 0 Å². The van der Waals surface area contributed by atoms with Crippen molar-refractivity contribution in [3.8, 4) is 0 Å². The number of carbonyl (C=O) groups is 4. The lowest BCUT2D eigenvalue weighted by molar-refractivity contribution is -0.145. The van der Waals surface area contributed by atoms with Crippen LogP contribution in [0.2, 0.25) is 0 Å². The van der Waals surface area contributed by atoms with Crippen molar-refractivity contribution in [3.05, 3.63) is 70.8 Å². The molecule has 0 aliphatic carbocycles. The maximum Gasteiger partial charge on any atom is 0.335 e. The maximum atomic E-state index is 12.4. The molecule has 1 aliphatic heterocycles. The van der Waals surface area contributed by atoms with Gasteiger partial charge in [-0.25, -0.2) is 4.79 Å². The van der Waals surface area contributed by atoms with E-state index in [1.54, 1.807) is 0 Å². The highest BCUT2D eigenvalue weighted by Gasteiger charge is 2.35. The van der Waals surface area contributed by atoms with E-state index in [0.717, 1.165) is 10.5 Å². The number of fused-ring (bicyclic) bond motifs is 1. The fraction of sp³-hybridized carbons (Fsp3) is 0.200. The third kappa shape index (κ3) is 4.03. The number of rotatable bonds is 7. The van der Waals surface area contributed by atoms with Crippen LogP contribution in [0.1, 0.15) is 49.5 Å². The Balaban J connectivity index is 1.52. The van der Waals surface area contributed by atoms with Crippen LogP contribution in [0.4, 0.5) is 0 Å². The normalized spacial score (nSPS) is 12.8. The molecule has 2 aromatic rings. The molecule has 0 saturated heterocycles. The minimum Gasteiger partial charge on any atom is -0.478 e. The molecular weight excluding hydrogens is 350 g/mol. The first kappa shape index (κ1) is 18.3. The lowest BCUT2D eigenvalue weighted by Crippen LogP contribution is -2.31. The first-order chi connectivity index (χ1) is 13.0. The van der Waals surface area contributed by atoms with Crippen LogP contribution >= 0.6 is 0 Å². The highest BCUT2D eigenvalue weighted by atomic mass is 16.5. The van der Waals surface area contributed by atoms with Crippen LogP contribution in [-0.4, -0.2) is 40.3 Å². The van der Waals surface area contributed by atoms with Crippen molar-refractivity contribution >= 4 is 23.8 Å². The zero-order valence-electron chi connectivity index (χ0n) is 14.4. The molecule has 0 bridgehead atoms. The monoisotopic (exact) mass is 367 g/mol. The van der Waals surface area contributed by atoms with Crippen LogP contribution in [0.5, 0.6) is 0 Å². The topological polar surface area (TPSA) is 101 Å². The van der Waals surface area contributed by atoms with Gasteiger partial charge in [-0.05, 0) is 30.2 Å². The van der Waals surface area contributed by atoms with E-state index in [9.17, 15) is 19.2 Å². The summed E-state index contributed by atoms with van der Waals surface area (Å²) in [5.74, 6) is -2.61. The van der Waals surface area contributed by atoms with Crippen LogP contribution in [-0.2, 0) is 16.1 Å². The largest absolute Gasteiger partial charge is 0.478 e. The van der Waals surface area contributed by atoms with Crippen molar-refractivity contribution in [2.24, 2.45) is 0 Å². The van der Waals surface area contributed by atoms with Crippen molar-refractivity contribution in [1.82, 2.24) is 4.90 Å². The summed E-state index contributed by atoms with van der Waals surface area (Å²) in [4.78, 5) is 48.5. The fourth-order valence-corrected chi connectivity index (χ4v) is 2.82. The Bertz CT molecular complexity index is 906. The molecular formula is C20H17NO6. The number of ether oxygens (including phenoxy) is 1. The van der Waals surface area contributed by atoms with Crippen LogP contribution in [0.25, 0.3) is 0 Å². The molecule has 0 radical (unpaired) electrons. The van der Waals surface area contributed by atoms with Crippen LogP contribution in [0, 0.1) is 0 Å². The van der Waals surface area contributed by atoms with Gasteiger partial charge in [0.05, 0.1) is 16.7 Å². The average molecular weight is 367 g/mol. The molecule has 2 amide bonds. The molecule has 0 fully saturated rings. The molecule has 0 unspecified atom stereocenters. The van der Waals surface area contributed by atoms with Gasteiger partial charge in [0.25, 0.3) is 11.8 Å². The number of hydrogen-bond donors (Lipinski definition) is 1. The molecule has 2 aromatic carbocycles. The van der Waals surface area contributed by atoms with E-state index < -0.39 is 23.8 Å². The van der Waals surface area contributed by atoms with Crippen molar-refractivity contribution in [1.29, 1.82) is 0 Å². The van der Waals surface area contributed by atoms with Crippen molar-refractivity contribution in [2.75, 3.05) is 6.54 Å². The van der Waals surface area contributed by atoms with E-state index in [4.69, 9.17) is 9.84 Å². The summed E-state index contributed by atoms with van der Waals surface area (Å²) in [5, 5.41) is 9.01. The molecule has 7 heteroatoms. The second-order valence-corrected chi connectivity index (χ2v) is 6.08. The molecule has 3 rings (SSSR count). The predicted octanol–water partition coefficient (Wildman–Crippen LogP) is 2.50. The standard InChI is InChI=1S/C20H17NO6/c22-17(27-12-13-5-2-1-3-6-13)7-4-10-21-18(23)15-9-8-14(20(25)26)11-16(15)19(21)24/h1-3,5-6,8-9,11H,4,7,10,12H2,(H,25,26). The quantitative estimate of drug-likeness (QED) is 0.596. The van der Waals surface area contributed by atoms with E-state index in [-0.39, 0.29) is 42.7 Å². The Labute approximate surface area is 155 Å². The molecule has 0 spiro atoms. The Morgan fingerprint density at radius 2 is 1.67 bits per heavy atom. The Morgan fingerprint density at radius 1 is 0.963 bits per heavy atom. The Morgan fingerprint density at radius 3 is 2.37 bits per heavy atom. The molecule has 0 atom stereocenters. The number of carbonyl (C=O) groups excluding carboxylic acids is 3. The van der Waals surface area contributed by atoms with Gasteiger partial charge in [-0.2, -0.15) is 0 Å². The smallest absolute Gasteiger partial charge is 0.335 e. The summed E-state index contributed by atoms with van der Waals surface area (Å²) in [7, 11) is 0. The molecule has 27 heavy (non-hydrogen) atoms. The van der Waals surface area contributed by atoms with E-state index in [1.807, 2.05) is 30.3 Å². The molecule has 7 nitrogen and oxygen atoms in total. The van der Waals surface area contributed by atoms with Gasteiger partial charge in [-0.1, -0.05) is 30.3 Å². The van der Waals surface area contributed by atoms with Crippen molar-refractivity contribution in [2.45, 2.75) is 19.4 Å². The highest BCUT2D eigenvalue weighted by molar-refractivity contribution is 6.21. The SMILES string of the molecule is O=C(CCCN1C(=O)c2ccc(C(=O)O)cc2C1=O)OCc1ccccc1. The second kappa shape index (κ2) is 7.82. The van der Waals surface area contributed by atoms with Gasteiger partial charge in [-0.15, -0.1) is 0 Å². The van der Waals surface area contributed by atoms with Crippen LogP contribution in [0.3, 0.4) is 0 Å². The summed E-state index contributed by atoms with van der Waals surface area (Å²) in [6.45, 7) is 0.236. The average Bonchev–Trinajstić information content (AvgIpc) is 2.91. The molecule has 0 aromatic heterocycles. The lowest BCUT2D eigenvalue weighted by Gasteiger charge is -2.13. The second-order valence-electron chi connectivity index (χ2n) is 6.08. The van der Waals surface area contributed by atoms with Gasteiger partial charge in [-0.3, -0.25) is 19.3 Å². The van der Waals surface area contributed by atoms with Crippen LogP contribution in [0.15, 0.2) is 48.5 Å². The molecule has 1 N–H and O–H groups in total. The van der Waals surface area contributed by atoms with Gasteiger partial charge in [0.2, 0.25) is 0 Å². The number of aromatic carboxylic acids is 1. The summed E-state index contributed by atoms with van der Waals surface area (Å²) in [5.41, 5.74) is 1.07. The molecule has 1 aliphatic rings. The van der Waals surface area contributed by atoms with E-state index in [2.05, 4.69) is 0 Å². The zero-order valence-corrected chi connectivity index (χ0v) is 14.4. The minimum absolute atomic E-state index is 0.0544. The number of hydrogen-bond acceptors (Lipinski definition) is 5.